The van der Waals surface area contributed by atoms with Gasteiger partial charge in [-0.15, -0.1) is 12.4 Å². The third-order valence-corrected chi connectivity index (χ3v) is 3.65. The molecule has 1 amide bonds. The van der Waals surface area contributed by atoms with E-state index >= 15 is 0 Å². The predicted octanol–water partition coefficient (Wildman–Crippen LogP) is 0.988. The van der Waals surface area contributed by atoms with Crippen molar-refractivity contribution in [3.8, 4) is 5.69 Å². The van der Waals surface area contributed by atoms with Crippen molar-refractivity contribution in [1.29, 1.82) is 0 Å². The second kappa shape index (κ2) is 6.81. The Kier molecular flexibility index (Phi) is 5.05. The normalized spacial score (nSPS) is 17.0. The van der Waals surface area contributed by atoms with Crippen LogP contribution in [0.4, 0.5) is 0 Å². The van der Waals surface area contributed by atoms with Gasteiger partial charge in [0.15, 0.2) is 0 Å². The number of hydrogen-bond acceptors (Lipinski definition) is 3. The largest absolute Gasteiger partial charge is 0.347 e. The van der Waals surface area contributed by atoms with Gasteiger partial charge in [-0.05, 0) is 32.0 Å². The van der Waals surface area contributed by atoms with Crippen LogP contribution in [0.3, 0.4) is 0 Å². The van der Waals surface area contributed by atoms with E-state index < -0.39 is 0 Å². The van der Waals surface area contributed by atoms with Gasteiger partial charge < -0.3 is 10.6 Å². The summed E-state index contributed by atoms with van der Waals surface area (Å²) in [6.07, 6.45) is 0.911. The van der Waals surface area contributed by atoms with Crippen LogP contribution in [0.15, 0.2) is 35.1 Å². The van der Waals surface area contributed by atoms with Gasteiger partial charge in [0.1, 0.15) is 5.69 Å². The van der Waals surface area contributed by atoms with Gasteiger partial charge in [0.05, 0.1) is 5.69 Å². The zero-order chi connectivity index (χ0) is 14.8. The second-order valence-electron chi connectivity index (χ2n) is 5.34. The molecule has 1 unspecified atom stereocenters. The van der Waals surface area contributed by atoms with Crippen LogP contribution in [0.2, 0.25) is 0 Å². The molecule has 1 aliphatic rings. The molecule has 6 nitrogen and oxygen atoms in total. The van der Waals surface area contributed by atoms with E-state index in [0.717, 1.165) is 25.1 Å². The Bertz CT molecular complexity index is 699. The minimum Gasteiger partial charge on any atom is -0.347 e. The number of carbonyl (C=O) groups excluding carboxylic acids is 1. The van der Waals surface area contributed by atoms with Crippen molar-refractivity contribution < 1.29 is 4.79 Å². The number of aromatic amines is 1. The zero-order valence-electron chi connectivity index (χ0n) is 12.3. The van der Waals surface area contributed by atoms with Crippen molar-refractivity contribution in [2.75, 3.05) is 13.1 Å². The van der Waals surface area contributed by atoms with Crippen molar-refractivity contribution in [3.63, 3.8) is 0 Å². The SMILES string of the molecule is Cc1ccc(-n2[nH]c(C(=O)NC3CCNC3)cc2=O)cc1.Cl. The number of nitrogens with one attached hydrogen (secondary N) is 3. The standard InChI is InChI=1S/C15H18N4O2.ClH/c1-10-2-4-12(5-3-10)19-14(20)8-13(18-19)15(21)17-11-6-7-16-9-11;/h2-5,8,11,16,18H,6-7,9H2,1H3,(H,17,21);1H. The summed E-state index contributed by atoms with van der Waals surface area (Å²) < 4.78 is 1.38. The van der Waals surface area contributed by atoms with E-state index in [2.05, 4.69) is 15.7 Å². The maximum atomic E-state index is 12.1. The maximum Gasteiger partial charge on any atom is 0.271 e. The topological polar surface area (TPSA) is 78.9 Å². The minimum absolute atomic E-state index is 0. The highest BCUT2D eigenvalue weighted by atomic mass is 35.5. The molecule has 1 atom stereocenters. The molecule has 1 aromatic carbocycles. The fourth-order valence-electron chi connectivity index (χ4n) is 2.44. The first kappa shape index (κ1) is 16.3. The molecule has 1 saturated heterocycles. The first-order valence-electron chi connectivity index (χ1n) is 7.04. The highest BCUT2D eigenvalue weighted by Crippen LogP contribution is 2.07. The summed E-state index contributed by atoms with van der Waals surface area (Å²) in [5, 5.41) is 8.96. The smallest absolute Gasteiger partial charge is 0.271 e. The third-order valence-electron chi connectivity index (χ3n) is 3.65. The summed E-state index contributed by atoms with van der Waals surface area (Å²) >= 11 is 0. The van der Waals surface area contributed by atoms with Gasteiger partial charge in [-0.3, -0.25) is 14.7 Å². The fourth-order valence-corrected chi connectivity index (χ4v) is 2.44. The lowest BCUT2D eigenvalue weighted by Crippen LogP contribution is -2.36. The van der Waals surface area contributed by atoms with Gasteiger partial charge in [0.2, 0.25) is 0 Å². The minimum atomic E-state index is -0.244. The van der Waals surface area contributed by atoms with E-state index in [4.69, 9.17) is 0 Å². The average Bonchev–Trinajstić information content (AvgIpc) is 3.09. The maximum absolute atomic E-state index is 12.1. The Hall–Kier alpha value is -2.05. The Morgan fingerprint density at radius 1 is 1.32 bits per heavy atom. The molecule has 1 aliphatic heterocycles. The number of halogens is 1. The molecule has 0 aliphatic carbocycles. The molecule has 2 aromatic rings. The summed E-state index contributed by atoms with van der Waals surface area (Å²) in [6.45, 7) is 3.66. The quantitative estimate of drug-likeness (QED) is 0.788. The monoisotopic (exact) mass is 322 g/mol. The zero-order valence-corrected chi connectivity index (χ0v) is 13.1. The molecular weight excluding hydrogens is 304 g/mol. The van der Waals surface area contributed by atoms with Crippen molar-refractivity contribution in [3.05, 3.63) is 51.9 Å². The summed E-state index contributed by atoms with van der Waals surface area (Å²) in [5.74, 6) is -0.244. The summed E-state index contributed by atoms with van der Waals surface area (Å²) in [4.78, 5) is 24.1. The predicted molar refractivity (Wildman–Crippen MR) is 87.1 cm³/mol. The molecule has 0 bridgehead atoms. The summed E-state index contributed by atoms with van der Waals surface area (Å²) in [7, 11) is 0. The number of benzene rings is 1. The van der Waals surface area contributed by atoms with Crippen LogP contribution in [-0.2, 0) is 0 Å². The van der Waals surface area contributed by atoms with Gasteiger partial charge in [0.25, 0.3) is 11.5 Å². The average molecular weight is 323 g/mol. The van der Waals surface area contributed by atoms with Crippen LogP contribution in [-0.4, -0.2) is 34.8 Å². The van der Waals surface area contributed by atoms with E-state index in [1.807, 2.05) is 31.2 Å². The fraction of sp³-hybridized carbons (Fsp3) is 0.333. The van der Waals surface area contributed by atoms with Crippen molar-refractivity contribution in [2.24, 2.45) is 0 Å². The van der Waals surface area contributed by atoms with Crippen LogP contribution in [0.1, 0.15) is 22.5 Å². The lowest BCUT2D eigenvalue weighted by molar-refractivity contribution is 0.0934. The van der Waals surface area contributed by atoms with Crippen LogP contribution in [0, 0.1) is 6.92 Å². The highest BCUT2D eigenvalue weighted by Gasteiger charge is 2.19. The summed E-state index contributed by atoms with van der Waals surface area (Å²) in [5.41, 5.74) is 1.87. The molecule has 0 saturated carbocycles. The number of carbonyl (C=O) groups is 1. The number of hydrogen-bond donors (Lipinski definition) is 3. The molecule has 7 heteroatoms. The number of H-pyrrole nitrogens is 1. The number of nitrogens with zero attached hydrogens (tertiary/aromatic N) is 1. The van der Waals surface area contributed by atoms with Gasteiger partial charge in [-0.25, -0.2) is 4.68 Å². The van der Waals surface area contributed by atoms with Crippen LogP contribution in [0.25, 0.3) is 5.69 Å². The van der Waals surface area contributed by atoms with Gasteiger partial charge in [0, 0.05) is 18.7 Å². The molecule has 118 valence electrons. The molecule has 2 heterocycles. The molecule has 1 fully saturated rings. The molecule has 3 rings (SSSR count). The van der Waals surface area contributed by atoms with E-state index in [1.165, 1.54) is 10.7 Å². The first-order chi connectivity index (χ1) is 10.1. The van der Waals surface area contributed by atoms with Gasteiger partial charge in [-0.1, -0.05) is 17.7 Å². The molecule has 3 N–H and O–H groups in total. The molecule has 1 aromatic heterocycles. The molecule has 22 heavy (non-hydrogen) atoms. The van der Waals surface area contributed by atoms with Crippen molar-refractivity contribution in [2.45, 2.75) is 19.4 Å². The van der Waals surface area contributed by atoms with Crippen molar-refractivity contribution in [1.82, 2.24) is 20.4 Å². The lowest BCUT2D eigenvalue weighted by atomic mass is 10.2. The molecular formula is C15H19ClN4O2. The molecule has 0 radical (unpaired) electrons. The number of rotatable bonds is 3. The summed E-state index contributed by atoms with van der Waals surface area (Å²) in [6, 6.07) is 8.99. The Balaban J connectivity index is 0.00000176. The van der Waals surface area contributed by atoms with E-state index in [1.54, 1.807) is 0 Å². The van der Waals surface area contributed by atoms with E-state index in [-0.39, 0.29) is 35.6 Å². The second-order valence-corrected chi connectivity index (χ2v) is 5.34. The number of aromatic nitrogens is 2. The number of aryl methyl sites for hydroxylation is 1. The van der Waals surface area contributed by atoms with Crippen LogP contribution in [0.5, 0.6) is 0 Å². The van der Waals surface area contributed by atoms with E-state index in [0.29, 0.717) is 5.69 Å². The van der Waals surface area contributed by atoms with Crippen LogP contribution >= 0.6 is 12.4 Å². The molecule has 0 spiro atoms. The van der Waals surface area contributed by atoms with E-state index in [9.17, 15) is 9.59 Å². The Morgan fingerprint density at radius 2 is 2.05 bits per heavy atom. The van der Waals surface area contributed by atoms with Gasteiger partial charge >= 0.3 is 0 Å². The number of amides is 1. The van der Waals surface area contributed by atoms with Crippen molar-refractivity contribution >= 4 is 18.3 Å². The Labute approximate surface area is 134 Å². The first-order valence-corrected chi connectivity index (χ1v) is 7.04. The van der Waals surface area contributed by atoms with Crippen LogP contribution < -0.4 is 16.2 Å². The lowest BCUT2D eigenvalue weighted by Gasteiger charge is -2.09. The van der Waals surface area contributed by atoms with Gasteiger partial charge in [-0.2, -0.15) is 0 Å². The Morgan fingerprint density at radius 3 is 2.68 bits per heavy atom. The third kappa shape index (κ3) is 3.40. The highest BCUT2D eigenvalue weighted by molar-refractivity contribution is 5.92.